The minimum Gasteiger partial charge on any atom is -0.494 e. The topological polar surface area (TPSA) is 78.3 Å². The Balaban J connectivity index is 2.16. The fourth-order valence-electron chi connectivity index (χ4n) is 2.86. The lowest BCUT2D eigenvalue weighted by Crippen LogP contribution is -2.35. The van der Waals surface area contributed by atoms with Crippen molar-refractivity contribution in [1.82, 2.24) is 14.5 Å². The summed E-state index contributed by atoms with van der Waals surface area (Å²) in [7, 11) is 0. The number of aromatic amines is 1. The second-order valence-electron chi connectivity index (χ2n) is 5.64. The van der Waals surface area contributed by atoms with Gasteiger partial charge in [-0.2, -0.15) is 0 Å². The quantitative estimate of drug-likeness (QED) is 0.825. The summed E-state index contributed by atoms with van der Waals surface area (Å²) in [5, 5.41) is 10.1. The minimum absolute atomic E-state index is 0.186. The van der Waals surface area contributed by atoms with Crippen molar-refractivity contribution < 1.29 is 5.11 Å². The zero-order chi connectivity index (χ0) is 14.7. The zero-order valence-electron chi connectivity index (χ0n) is 12.2. The van der Waals surface area contributed by atoms with E-state index < -0.39 is 11.2 Å². The van der Waals surface area contributed by atoms with Crippen molar-refractivity contribution in [3.05, 3.63) is 26.4 Å². The lowest BCUT2D eigenvalue weighted by Gasteiger charge is -2.21. The van der Waals surface area contributed by atoms with Gasteiger partial charge in [-0.25, -0.2) is 4.79 Å². The van der Waals surface area contributed by atoms with E-state index >= 15 is 0 Å². The molecule has 6 nitrogen and oxygen atoms in total. The Bertz CT molecular complexity index is 570. The molecule has 0 saturated carbocycles. The molecule has 1 aliphatic heterocycles. The highest BCUT2D eigenvalue weighted by molar-refractivity contribution is 5.22. The molecule has 6 heteroatoms. The molecule has 2 rings (SSSR count). The first-order valence-electron chi connectivity index (χ1n) is 7.30. The monoisotopic (exact) mass is 281 g/mol. The van der Waals surface area contributed by atoms with Crippen molar-refractivity contribution in [2.24, 2.45) is 5.92 Å². The number of hydrogen-bond donors (Lipinski definition) is 2. The molecule has 0 aliphatic carbocycles. The van der Waals surface area contributed by atoms with Crippen LogP contribution in [0.1, 0.15) is 32.3 Å². The Hall–Kier alpha value is -1.56. The van der Waals surface area contributed by atoms with Crippen LogP contribution in [0, 0.1) is 5.92 Å². The summed E-state index contributed by atoms with van der Waals surface area (Å²) in [5.41, 5.74) is -0.741. The molecule has 1 atom stereocenters. The van der Waals surface area contributed by atoms with E-state index in [2.05, 4.69) is 16.8 Å². The molecule has 1 saturated heterocycles. The number of rotatable bonds is 5. The fourth-order valence-corrected chi connectivity index (χ4v) is 2.86. The Morgan fingerprint density at radius 2 is 1.90 bits per heavy atom. The van der Waals surface area contributed by atoms with Crippen LogP contribution < -0.4 is 11.2 Å². The van der Waals surface area contributed by atoms with Gasteiger partial charge in [0.15, 0.2) is 0 Å². The van der Waals surface area contributed by atoms with E-state index in [1.807, 2.05) is 0 Å². The summed E-state index contributed by atoms with van der Waals surface area (Å²) >= 11 is 0. The van der Waals surface area contributed by atoms with Crippen molar-refractivity contribution in [3.8, 4) is 5.88 Å². The number of nitrogens with one attached hydrogen (secondary N) is 1. The van der Waals surface area contributed by atoms with Gasteiger partial charge >= 0.3 is 5.69 Å². The van der Waals surface area contributed by atoms with Crippen LogP contribution in [-0.2, 0) is 13.0 Å². The summed E-state index contributed by atoms with van der Waals surface area (Å²) in [6, 6.07) is 0. The predicted octanol–water partition coefficient (Wildman–Crippen LogP) is 0.536. The van der Waals surface area contributed by atoms with E-state index in [1.54, 1.807) is 6.92 Å². The van der Waals surface area contributed by atoms with Crippen LogP contribution in [0.25, 0.3) is 0 Å². The molecular formula is C14H23N3O3. The van der Waals surface area contributed by atoms with Crippen molar-refractivity contribution in [2.45, 2.75) is 39.7 Å². The van der Waals surface area contributed by atoms with E-state index in [1.165, 1.54) is 17.4 Å². The molecule has 112 valence electrons. The van der Waals surface area contributed by atoms with Crippen LogP contribution in [-0.4, -0.2) is 39.2 Å². The normalized spacial score (nSPS) is 17.5. The van der Waals surface area contributed by atoms with E-state index in [0.717, 1.165) is 19.6 Å². The maximum Gasteiger partial charge on any atom is 0.331 e. The van der Waals surface area contributed by atoms with Crippen LogP contribution in [0.15, 0.2) is 9.59 Å². The van der Waals surface area contributed by atoms with Crippen LogP contribution in [0.5, 0.6) is 5.88 Å². The highest BCUT2D eigenvalue weighted by Gasteiger charge is 2.18. The van der Waals surface area contributed by atoms with E-state index in [9.17, 15) is 14.7 Å². The number of nitrogens with zero attached hydrogens (tertiary/aromatic N) is 2. The maximum atomic E-state index is 11.8. The van der Waals surface area contributed by atoms with Crippen molar-refractivity contribution >= 4 is 0 Å². The van der Waals surface area contributed by atoms with E-state index in [4.69, 9.17) is 0 Å². The molecule has 0 bridgehead atoms. The first kappa shape index (κ1) is 14.8. The van der Waals surface area contributed by atoms with Gasteiger partial charge in [-0.05, 0) is 38.3 Å². The second-order valence-corrected chi connectivity index (χ2v) is 5.64. The van der Waals surface area contributed by atoms with Gasteiger partial charge in [0, 0.05) is 13.1 Å². The molecule has 20 heavy (non-hydrogen) atoms. The van der Waals surface area contributed by atoms with Crippen molar-refractivity contribution in [1.29, 1.82) is 0 Å². The molecule has 0 aromatic carbocycles. The van der Waals surface area contributed by atoms with Gasteiger partial charge in [-0.3, -0.25) is 14.3 Å². The van der Waals surface area contributed by atoms with Gasteiger partial charge in [0.05, 0.1) is 5.56 Å². The van der Waals surface area contributed by atoms with Crippen LogP contribution in [0.4, 0.5) is 0 Å². The summed E-state index contributed by atoms with van der Waals surface area (Å²) < 4.78 is 1.28. The third-order valence-electron chi connectivity index (χ3n) is 3.88. The standard InChI is InChI=1S/C14H23N3O3/c1-3-11-12(18)15-14(20)17(13(11)19)9-10(2)8-16-6-4-5-7-16/h10,19H,3-9H2,1-2H3,(H,15,18,20). The van der Waals surface area contributed by atoms with E-state index in [0.29, 0.717) is 13.0 Å². The molecular weight excluding hydrogens is 258 g/mol. The SMILES string of the molecule is CCc1c(O)n(CC(C)CN2CCCC2)c(=O)[nH]c1=O. The Kier molecular flexibility index (Phi) is 4.65. The summed E-state index contributed by atoms with van der Waals surface area (Å²) in [6.45, 7) is 7.39. The van der Waals surface area contributed by atoms with Crippen LogP contribution >= 0.6 is 0 Å². The Morgan fingerprint density at radius 3 is 2.50 bits per heavy atom. The second kappa shape index (κ2) is 6.26. The third kappa shape index (κ3) is 3.12. The van der Waals surface area contributed by atoms with Gasteiger partial charge in [0.25, 0.3) is 5.56 Å². The molecule has 1 fully saturated rings. The van der Waals surface area contributed by atoms with Gasteiger partial charge in [0.2, 0.25) is 5.88 Å². The molecule has 1 aromatic heterocycles. The van der Waals surface area contributed by atoms with Crippen molar-refractivity contribution in [2.75, 3.05) is 19.6 Å². The van der Waals surface area contributed by atoms with Crippen LogP contribution in [0.2, 0.25) is 0 Å². The zero-order valence-corrected chi connectivity index (χ0v) is 12.2. The molecule has 0 spiro atoms. The molecule has 2 heterocycles. The van der Waals surface area contributed by atoms with Gasteiger partial charge in [-0.15, -0.1) is 0 Å². The molecule has 0 amide bonds. The highest BCUT2D eigenvalue weighted by Crippen LogP contribution is 2.15. The summed E-state index contributed by atoms with van der Waals surface area (Å²) in [5.74, 6) is 0.0573. The van der Waals surface area contributed by atoms with Crippen LogP contribution in [0.3, 0.4) is 0 Å². The van der Waals surface area contributed by atoms with Crippen molar-refractivity contribution in [3.63, 3.8) is 0 Å². The summed E-state index contributed by atoms with van der Waals surface area (Å²) in [4.78, 5) is 28.1. The average molecular weight is 281 g/mol. The molecule has 0 radical (unpaired) electrons. The van der Waals surface area contributed by atoms with Gasteiger partial charge in [-0.1, -0.05) is 13.8 Å². The first-order valence-corrected chi connectivity index (χ1v) is 7.30. The average Bonchev–Trinajstić information content (AvgIpc) is 2.87. The Labute approximate surface area is 118 Å². The minimum atomic E-state index is -0.530. The maximum absolute atomic E-state index is 11.8. The smallest absolute Gasteiger partial charge is 0.331 e. The number of hydrogen-bond acceptors (Lipinski definition) is 4. The van der Waals surface area contributed by atoms with Gasteiger partial charge < -0.3 is 10.0 Å². The number of aromatic nitrogens is 2. The molecule has 1 unspecified atom stereocenters. The van der Waals surface area contributed by atoms with E-state index in [-0.39, 0.29) is 17.4 Å². The molecule has 1 aliphatic rings. The van der Waals surface area contributed by atoms with Gasteiger partial charge in [0.1, 0.15) is 0 Å². The molecule has 1 aromatic rings. The lowest BCUT2D eigenvalue weighted by molar-refractivity contribution is 0.261. The first-order chi connectivity index (χ1) is 9.52. The number of H-pyrrole nitrogens is 1. The number of aromatic hydroxyl groups is 1. The Morgan fingerprint density at radius 1 is 1.25 bits per heavy atom. The predicted molar refractivity (Wildman–Crippen MR) is 77.2 cm³/mol. The fraction of sp³-hybridized carbons (Fsp3) is 0.714. The largest absolute Gasteiger partial charge is 0.494 e. The third-order valence-corrected chi connectivity index (χ3v) is 3.88. The summed E-state index contributed by atoms with van der Waals surface area (Å²) in [6.07, 6.45) is 2.87. The lowest BCUT2D eigenvalue weighted by atomic mass is 10.1. The molecule has 2 N–H and O–H groups in total. The number of likely N-dealkylation sites (tertiary alicyclic amines) is 1. The highest BCUT2D eigenvalue weighted by atomic mass is 16.3.